The van der Waals surface area contributed by atoms with E-state index in [0.29, 0.717) is 22.5 Å². The van der Waals surface area contributed by atoms with E-state index in [4.69, 9.17) is 9.47 Å². The predicted molar refractivity (Wildman–Crippen MR) is 126 cm³/mol. The van der Waals surface area contributed by atoms with E-state index >= 15 is 0 Å². The van der Waals surface area contributed by atoms with Gasteiger partial charge in [-0.15, -0.1) is 10.2 Å². The normalized spacial score (nSPS) is 14.5. The average Bonchev–Trinajstić information content (AvgIpc) is 2.98. The van der Waals surface area contributed by atoms with Crippen molar-refractivity contribution in [2.75, 3.05) is 18.2 Å². The topological polar surface area (TPSA) is 89.4 Å². The predicted octanol–water partition coefficient (Wildman–Crippen LogP) is 5.82. The third-order valence-corrected chi connectivity index (χ3v) is 6.24. The molecule has 2 heterocycles. The SMILES string of the molecule is CCCCCCCSc1nnc2c(n1)O[C@H](c1ccc(O)c(OC)c1)Nc1ccccc1-2. The van der Waals surface area contributed by atoms with Crippen LogP contribution in [0.15, 0.2) is 47.6 Å². The van der Waals surface area contributed by atoms with Crippen LogP contribution in [0, 0.1) is 0 Å². The lowest BCUT2D eigenvalue weighted by molar-refractivity contribution is 0.224. The Morgan fingerprint density at radius 2 is 1.94 bits per heavy atom. The largest absolute Gasteiger partial charge is 0.504 e. The van der Waals surface area contributed by atoms with E-state index in [2.05, 4.69) is 27.4 Å². The number of benzene rings is 2. The Morgan fingerprint density at radius 3 is 2.78 bits per heavy atom. The smallest absolute Gasteiger partial charge is 0.247 e. The third-order valence-electron chi connectivity index (χ3n) is 5.32. The molecule has 1 aliphatic heterocycles. The first kappa shape index (κ1) is 22.2. The number of hydrogen-bond donors (Lipinski definition) is 2. The number of aromatic nitrogens is 3. The average molecular weight is 453 g/mol. The van der Waals surface area contributed by atoms with E-state index in [1.165, 1.54) is 32.8 Å². The van der Waals surface area contributed by atoms with Crippen molar-refractivity contribution in [3.63, 3.8) is 0 Å². The number of phenols is 1. The summed E-state index contributed by atoms with van der Waals surface area (Å²) in [7, 11) is 1.52. The van der Waals surface area contributed by atoms with Crippen molar-refractivity contribution in [1.82, 2.24) is 15.2 Å². The van der Waals surface area contributed by atoms with Crippen LogP contribution in [0.5, 0.6) is 17.4 Å². The molecule has 0 radical (unpaired) electrons. The number of anilines is 1. The number of hydrogen-bond acceptors (Lipinski definition) is 8. The van der Waals surface area contributed by atoms with Gasteiger partial charge in [-0.2, -0.15) is 4.98 Å². The van der Waals surface area contributed by atoms with Gasteiger partial charge in [-0.1, -0.05) is 62.6 Å². The molecule has 0 fully saturated rings. The summed E-state index contributed by atoms with van der Waals surface area (Å²) in [6, 6.07) is 13.0. The molecule has 1 aromatic heterocycles. The second-order valence-corrected chi connectivity index (χ2v) is 8.69. The summed E-state index contributed by atoms with van der Waals surface area (Å²) in [6.45, 7) is 2.22. The molecule has 0 aliphatic carbocycles. The summed E-state index contributed by atoms with van der Waals surface area (Å²) < 4.78 is 11.6. The van der Waals surface area contributed by atoms with Gasteiger partial charge in [-0.05, 0) is 30.7 Å². The summed E-state index contributed by atoms with van der Waals surface area (Å²) >= 11 is 1.61. The standard InChI is InChI=1S/C24H28N4O3S/c1-3-4-5-6-9-14-32-24-26-23-21(27-28-24)17-10-7-8-11-18(17)25-22(31-23)16-12-13-19(29)20(15-16)30-2/h7-8,10-13,15,22,25,29H,3-6,9,14H2,1-2H3/t22-/m1/s1. The zero-order valence-electron chi connectivity index (χ0n) is 18.4. The molecule has 0 saturated heterocycles. The van der Waals surface area contributed by atoms with E-state index in [0.717, 1.165) is 29.0 Å². The summed E-state index contributed by atoms with van der Waals surface area (Å²) in [4.78, 5) is 4.69. The summed E-state index contributed by atoms with van der Waals surface area (Å²) in [5.41, 5.74) is 3.15. The van der Waals surface area contributed by atoms with Gasteiger partial charge in [0.1, 0.15) is 0 Å². The molecule has 7 nitrogen and oxygen atoms in total. The van der Waals surface area contributed by atoms with Gasteiger partial charge in [0, 0.05) is 22.6 Å². The minimum atomic E-state index is -0.532. The second-order valence-electron chi connectivity index (χ2n) is 7.63. The highest BCUT2D eigenvalue weighted by Crippen LogP contribution is 2.40. The van der Waals surface area contributed by atoms with Crippen LogP contribution < -0.4 is 14.8 Å². The lowest BCUT2D eigenvalue weighted by Crippen LogP contribution is -2.17. The zero-order chi connectivity index (χ0) is 22.3. The lowest BCUT2D eigenvalue weighted by atomic mass is 10.1. The minimum absolute atomic E-state index is 0.0762. The fraction of sp³-hybridized carbons (Fsp3) is 0.375. The number of methoxy groups -OCH3 is 1. The van der Waals surface area contributed by atoms with Gasteiger partial charge in [0.2, 0.25) is 11.0 Å². The van der Waals surface area contributed by atoms with Crippen molar-refractivity contribution >= 4 is 17.4 Å². The van der Waals surface area contributed by atoms with Crippen molar-refractivity contribution in [1.29, 1.82) is 0 Å². The molecule has 0 saturated carbocycles. The molecule has 0 unspecified atom stereocenters. The first-order valence-corrected chi connectivity index (χ1v) is 11.9. The molecule has 0 bridgehead atoms. The Labute approximate surface area is 192 Å². The number of aromatic hydroxyl groups is 1. The molecule has 0 spiro atoms. The molecular weight excluding hydrogens is 424 g/mol. The Bertz CT molecular complexity index is 1060. The first-order valence-electron chi connectivity index (χ1n) is 11.0. The zero-order valence-corrected chi connectivity index (χ0v) is 19.2. The molecule has 168 valence electrons. The quantitative estimate of drug-likeness (QED) is 0.310. The van der Waals surface area contributed by atoms with Gasteiger partial charge < -0.3 is 19.9 Å². The van der Waals surface area contributed by atoms with Crippen LogP contribution in [-0.2, 0) is 0 Å². The molecule has 4 rings (SSSR count). The Hall–Kier alpha value is -3.00. The molecule has 3 aromatic rings. The maximum Gasteiger partial charge on any atom is 0.247 e. The van der Waals surface area contributed by atoms with Gasteiger partial charge in [0.05, 0.1) is 7.11 Å². The summed E-state index contributed by atoms with van der Waals surface area (Å²) in [5.74, 6) is 1.85. The second kappa shape index (κ2) is 10.5. The van der Waals surface area contributed by atoms with E-state index in [9.17, 15) is 5.11 Å². The highest BCUT2D eigenvalue weighted by atomic mass is 32.2. The number of fused-ring (bicyclic) bond motifs is 3. The number of rotatable bonds is 9. The van der Waals surface area contributed by atoms with Crippen LogP contribution in [0.3, 0.4) is 0 Å². The van der Waals surface area contributed by atoms with E-state index in [1.54, 1.807) is 30.0 Å². The van der Waals surface area contributed by atoms with Crippen LogP contribution in [0.2, 0.25) is 0 Å². The van der Waals surface area contributed by atoms with Crippen molar-refractivity contribution in [3.8, 4) is 28.6 Å². The number of para-hydroxylation sites is 1. The van der Waals surface area contributed by atoms with Crippen molar-refractivity contribution in [2.45, 2.75) is 50.4 Å². The molecule has 1 aliphatic rings. The molecule has 2 N–H and O–H groups in total. The summed E-state index contributed by atoms with van der Waals surface area (Å²) in [6.07, 6.45) is 5.61. The number of ether oxygens (including phenoxy) is 2. The van der Waals surface area contributed by atoms with E-state index in [-0.39, 0.29) is 5.75 Å². The Morgan fingerprint density at radius 1 is 1.09 bits per heavy atom. The maximum absolute atomic E-state index is 9.97. The van der Waals surface area contributed by atoms with Gasteiger partial charge >= 0.3 is 0 Å². The molecular formula is C24H28N4O3S. The molecule has 8 heteroatoms. The van der Waals surface area contributed by atoms with E-state index < -0.39 is 6.23 Å². The monoisotopic (exact) mass is 452 g/mol. The fourth-order valence-corrected chi connectivity index (χ4v) is 4.36. The van der Waals surface area contributed by atoms with Crippen molar-refractivity contribution in [2.24, 2.45) is 0 Å². The number of thioether (sulfide) groups is 1. The van der Waals surface area contributed by atoms with Gasteiger partial charge in [0.15, 0.2) is 23.4 Å². The highest BCUT2D eigenvalue weighted by Gasteiger charge is 2.26. The number of phenolic OH excluding ortho intramolecular Hbond substituents is 1. The third kappa shape index (κ3) is 5.07. The molecule has 1 atom stereocenters. The summed E-state index contributed by atoms with van der Waals surface area (Å²) in [5, 5.41) is 22.8. The van der Waals surface area contributed by atoms with Gasteiger partial charge in [-0.25, -0.2) is 0 Å². The highest BCUT2D eigenvalue weighted by molar-refractivity contribution is 7.99. The van der Waals surface area contributed by atoms with Crippen LogP contribution >= 0.6 is 11.8 Å². The van der Waals surface area contributed by atoms with E-state index in [1.807, 2.05) is 24.3 Å². The number of nitrogens with zero attached hydrogens (tertiary/aromatic N) is 3. The number of unbranched alkanes of at least 4 members (excludes halogenated alkanes) is 4. The molecule has 2 aromatic carbocycles. The van der Waals surface area contributed by atoms with Crippen LogP contribution in [0.25, 0.3) is 11.3 Å². The maximum atomic E-state index is 9.97. The molecule has 0 amide bonds. The lowest BCUT2D eigenvalue weighted by Gasteiger charge is -2.20. The van der Waals surface area contributed by atoms with Gasteiger partial charge in [-0.3, -0.25) is 0 Å². The Kier molecular flexibility index (Phi) is 7.32. The first-order chi connectivity index (χ1) is 15.7. The van der Waals surface area contributed by atoms with Crippen molar-refractivity contribution < 1.29 is 14.6 Å². The van der Waals surface area contributed by atoms with Gasteiger partial charge in [0.25, 0.3) is 0 Å². The van der Waals surface area contributed by atoms with Crippen LogP contribution in [0.4, 0.5) is 5.69 Å². The van der Waals surface area contributed by atoms with Crippen LogP contribution in [0.1, 0.15) is 50.8 Å². The number of nitrogens with one attached hydrogen (secondary N) is 1. The molecule has 32 heavy (non-hydrogen) atoms. The fourth-order valence-electron chi connectivity index (χ4n) is 3.59. The minimum Gasteiger partial charge on any atom is -0.504 e. The van der Waals surface area contributed by atoms with Crippen LogP contribution in [-0.4, -0.2) is 33.2 Å². The Balaban J connectivity index is 1.59. The van der Waals surface area contributed by atoms with Crippen molar-refractivity contribution in [3.05, 3.63) is 48.0 Å².